The van der Waals surface area contributed by atoms with Crippen LogP contribution in [-0.2, 0) is 0 Å². The lowest BCUT2D eigenvalue weighted by Crippen LogP contribution is -2.34. The number of anilines is 1. The molecule has 0 atom stereocenters. The molecule has 1 heterocycles. The van der Waals surface area contributed by atoms with Gasteiger partial charge in [0.15, 0.2) is 16.4 Å². The predicted octanol–water partition coefficient (Wildman–Crippen LogP) is 5.58. The van der Waals surface area contributed by atoms with Crippen LogP contribution < -0.4 is 15.4 Å². The van der Waals surface area contributed by atoms with E-state index in [4.69, 9.17) is 33.0 Å². The summed E-state index contributed by atoms with van der Waals surface area (Å²) in [4.78, 5) is 27.7. The number of ether oxygens (including phenoxy) is 1. The number of carbonyl (C=O) groups excluding carboxylic acids is 1. The molecule has 1 amide bonds. The Balaban J connectivity index is 1.46. The van der Waals surface area contributed by atoms with Gasteiger partial charge in [-0.2, -0.15) is 0 Å². The number of nitrogens with one attached hydrogen (secondary N) is 2. The van der Waals surface area contributed by atoms with Gasteiger partial charge in [0.2, 0.25) is 5.89 Å². The molecule has 0 saturated heterocycles. The number of fused-ring (bicyclic) bond motifs is 1. The van der Waals surface area contributed by atoms with Crippen LogP contribution in [0.2, 0.25) is 5.02 Å². The number of rotatable bonds is 6. The van der Waals surface area contributed by atoms with Crippen LogP contribution in [0.15, 0.2) is 65.1 Å². The van der Waals surface area contributed by atoms with Crippen molar-refractivity contribution in [1.29, 1.82) is 0 Å². The van der Waals surface area contributed by atoms with Crippen LogP contribution in [0.1, 0.15) is 17.3 Å². The van der Waals surface area contributed by atoms with Gasteiger partial charge in [0.1, 0.15) is 5.52 Å². The third-order valence-corrected chi connectivity index (χ3v) is 5.14. The van der Waals surface area contributed by atoms with Gasteiger partial charge in [0.25, 0.3) is 5.91 Å². The first kappa shape index (κ1) is 23.1. The van der Waals surface area contributed by atoms with Crippen LogP contribution in [0, 0.1) is 10.1 Å². The summed E-state index contributed by atoms with van der Waals surface area (Å²) in [7, 11) is 0. The smallest absolute Gasteiger partial charge is 0.311 e. The minimum atomic E-state index is -0.607. The van der Waals surface area contributed by atoms with Gasteiger partial charge in [-0.05, 0) is 73.7 Å². The predicted molar refractivity (Wildman–Crippen MR) is 132 cm³/mol. The second-order valence-electron chi connectivity index (χ2n) is 6.99. The molecule has 0 aliphatic rings. The number of amides is 1. The Morgan fingerprint density at radius 2 is 1.94 bits per heavy atom. The van der Waals surface area contributed by atoms with Crippen molar-refractivity contribution >= 4 is 57.3 Å². The lowest BCUT2D eigenvalue weighted by Gasteiger charge is -2.10. The largest absolute Gasteiger partial charge is 0.487 e. The molecule has 172 valence electrons. The molecule has 9 nitrogen and oxygen atoms in total. The van der Waals surface area contributed by atoms with Gasteiger partial charge in [0.05, 0.1) is 11.5 Å². The van der Waals surface area contributed by atoms with Crippen molar-refractivity contribution in [3.63, 3.8) is 0 Å². The van der Waals surface area contributed by atoms with E-state index in [1.807, 2.05) is 12.1 Å². The van der Waals surface area contributed by atoms with E-state index in [2.05, 4.69) is 15.6 Å². The third kappa shape index (κ3) is 5.13. The number of nitro groups is 1. The normalized spacial score (nSPS) is 10.6. The Morgan fingerprint density at radius 3 is 2.65 bits per heavy atom. The van der Waals surface area contributed by atoms with E-state index in [-0.39, 0.29) is 28.7 Å². The van der Waals surface area contributed by atoms with Crippen molar-refractivity contribution in [1.82, 2.24) is 10.3 Å². The molecule has 0 aliphatic carbocycles. The van der Waals surface area contributed by atoms with Crippen LogP contribution in [0.4, 0.5) is 11.4 Å². The molecule has 0 aliphatic heterocycles. The molecule has 34 heavy (non-hydrogen) atoms. The van der Waals surface area contributed by atoms with Gasteiger partial charge >= 0.3 is 5.69 Å². The summed E-state index contributed by atoms with van der Waals surface area (Å²) in [6.45, 7) is 1.97. The number of carbonyl (C=O) groups is 1. The van der Waals surface area contributed by atoms with Crippen LogP contribution in [0.5, 0.6) is 5.75 Å². The van der Waals surface area contributed by atoms with E-state index in [1.54, 1.807) is 37.3 Å². The first-order valence-corrected chi connectivity index (χ1v) is 10.8. The summed E-state index contributed by atoms with van der Waals surface area (Å²) < 4.78 is 11.0. The van der Waals surface area contributed by atoms with Crippen LogP contribution in [-0.4, -0.2) is 27.5 Å². The molecule has 0 radical (unpaired) electrons. The summed E-state index contributed by atoms with van der Waals surface area (Å²) in [5.41, 5.74) is 2.28. The van der Waals surface area contributed by atoms with Crippen molar-refractivity contribution in [2.24, 2.45) is 0 Å². The average Bonchev–Trinajstić information content (AvgIpc) is 3.23. The molecule has 1 aromatic heterocycles. The second-order valence-corrected chi connectivity index (χ2v) is 7.83. The standard InChI is InChI=1S/C23H17ClN4O5S/c1-2-32-20-9-5-14(11-18(20)28(30)31)21(29)27-23(34)25-16-8-10-19-17(12-16)26-22(33-19)13-3-6-15(24)7-4-13/h3-12H,2H2,1H3,(H2,25,27,29,34). The number of nitrogens with zero attached hydrogens (tertiary/aromatic N) is 2. The fraction of sp³-hybridized carbons (Fsp3) is 0.0870. The van der Waals surface area contributed by atoms with Gasteiger partial charge < -0.3 is 14.5 Å². The molecule has 0 spiro atoms. The Morgan fingerprint density at radius 1 is 1.18 bits per heavy atom. The molecule has 11 heteroatoms. The number of hydrogen-bond acceptors (Lipinski definition) is 7. The van der Waals surface area contributed by atoms with Crippen molar-refractivity contribution in [2.75, 3.05) is 11.9 Å². The highest BCUT2D eigenvalue weighted by Gasteiger charge is 2.19. The highest BCUT2D eigenvalue weighted by atomic mass is 35.5. The Bertz CT molecular complexity index is 1400. The van der Waals surface area contributed by atoms with Gasteiger partial charge in [-0.1, -0.05) is 11.6 Å². The summed E-state index contributed by atoms with van der Waals surface area (Å²) in [6.07, 6.45) is 0. The molecule has 0 bridgehead atoms. The van der Waals surface area contributed by atoms with Crippen molar-refractivity contribution in [2.45, 2.75) is 6.92 Å². The third-order valence-electron chi connectivity index (χ3n) is 4.68. The zero-order chi connectivity index (χ0) is 24.2. The van der Waals surface area contributed by atoms with E-state index in [1.165, 1.54) is 12.1 Å². The SMILES string of the molecule is CCOc1ccc(C(=O)NC(=S)Nc2ccc3oc(-c4ccc(Cl)cc4)nc3c2)cc1[N+](=O)[O-]. The van der Waals surface area contributed by atoms with Crippen molar-refractivity contribution < 1.29 is 18.9 Å². The minimum absolute atomic E-state index is 0.0160. The number of halogens is 1. The monoisotopic (exact) mass is 496 g/mol. The summed E-state index contributed by atoms with van der Waals surface area (Å²) >= 11 is 11.1. The quantitative estimate of drug-likeness (QED) is 0.201. The lowest BCUT2D eigenvalue weighted by atomic mass is 10.1. The Kier molecular flexibility index (Phi) is 6.71. The summed E-state index contributed by atoms with van der Waals surface area (Å²) in [5, 5.41) is 17.3. The summed E-state index contributed by atoms with van der Waals surface area (Å²) in [6, 6.07) is 16.2. The number of benzene rings is 3. The van der Waals surface area contributed by atoms with Crippen LogP contribution in [0.3, 0.4) is 0 Å². The Labute approximate surface area is 203 Å². The van der Waals surface area contributed by atoms with Gasteiger partial charge in [-0.15, -0.1) is 0 Å². The van der Waals surface area contributed by atoms with Crippen LogP contribution >= 0.6 is 23.8 Å². The van der Waals surface area contributed by atoms with E-state index in [0.717, 1.165) is 11.6 Å². The first-order chi connectivity index (χ1) is 16.3. The maximum absolute atomic E-state index is 12.5. The number of thiocarbonyl (C=S) groups is 1. The van der Waals surface area contributed by atoms with E-state index in [9.17, 15) is 14.9 Å². The highest BCUT2D eigenvalue weighted by molar-refractivity contribution is 7.80. The zero-order valence-corrected chi connectivity index (χ0v) is 19.3. The van der Waals surface area contributed by atoms with Gasteiger partial charge in [-0.25, -0.2) is 4.98 Å². The van der Waals surface area contributed by atoms with E-state index < -0.39 is 10.8 Å². The number of nitro benzene ring substituents is 1. The molecular formula is C23H17ClN4O5S. The zero-order valence-electron chi connectivity index (χ0n) is 17.7. The molecule has 0 saturated carbocycles. The number of oxazole rings is 1. The number of hydrogen-bond donors (Lipinski definition) is 2. The second kappa shape index (κ2) is 9.86. The average molecular weight is 497 g/mol. The maximum Gasteiger partial charge on any atom is 0.311 e. The number of aromatic nitrogens is 1. The van der Waals surface area contributed by atoms with Gasteiger partial charge in [0, 0.05) is 27.9 Å². The van der Waals surface area contributed by atoms with Crippen molar-refractivity contribution in [3.8, 4) is 17.2 Å². The van der Waals surface area contributed by atoms with Crippen molar-refractivity contribution in [3.05, 3.63) is 81.4 Å². The fourth-order valence-electron chi connectivity index (χ4n) is 3.14. The molecule has 4 rings (SSSR count). The highest BCUT2D eigenvalue weighted by Crippen LogP contribution is 2.29. The lowest BCUT2D eigenvalue weighted by molar-refractivity contribution is -0.385. The molecule has 2 N–H and O–H groups in total. The first-order valence-electron chi connectivity index (χ1n) is 10.0. The summed E-state index contributed by atoms with van der Waals surface area (Å²) in [5.74, 6) is -0.0726. The Hall–Kier alpha value is -4.02. The van der Waals surface area contributed by atoms with E-state index >= 15 is 0 Å². The molecule has 0 fully saturated rings. The maximum atomic E-state index is 12.5. The molecule has 3 aromatic carbocycles. The van der Waals surface area contributed by atoms with Gasteiger partial charge in [-0.3, -0.25) is 20.2 Å². The molecule has 0 unspecified atom stereocenters. The van der Waals surface area contributed by atoms with Crippen LogP contribution in [0.25, 0.3) is 22.6 Å². The molecule has 4 aromatic rings. The fourth-order valence-corrected chi connectivity index (χ4v) is 3.47. The minimum Gasteiger partial charge on any atom is -0.487 e. The van der Waals surface area contributed by atoms with E-state index in [0.29, 0.717) is 27.7 Å². The topological polar surface area (TPSA) is 120 Å². The molecular weight excluding hydrogens is 480 g/mol.